The van der Waals surface area contributed by atoms with Gasteiger partial charge >= 0.3 is 6.36 Å². The summed E-state index contributed by atoms with van der Waals surface area (Å²) in [7, 11) is 4.19. The van der Waals surface area contributed by atoms with Crippen LogP contribution in [0.25, 0.3) is 21.8 Å². The van der Waals surface area contributed by atoms with E-state index < -0.39 is 35.9 Å². The Morgan fingerprint density at radius 1 is 0.794 bits per heavy atom. The minimum atomic E-state index is -4.92. The Hall–Kier alpha value is -6.11. The molecule has 2 amide bonds. The van der Waals surface area contributed by atoms with Gasteiger partial charge in [-0.05, 0) is 105 Å². The summed E-state index contributed by atoms with van der Waals surface area (Å²) in [5, 5.41) is 10.6. The molecule has 63 heavy (non-hydrogen) atoms. The lowest BCUT2D eigenvalue weighted by Gasteiger charge is -2.35. The number of carbonyl (C=O) groups excluding carboxylic acids is 2. The zero-order chi connectivity index (χ0) is 44.1. The largest absolute Gasteiger partial charge is 0.573 e. The molecule has 2 atom stereocenters. The Bertz CT molecular complexity index is 2550. The molecule has 2 fully saturated rings. The van der Waals surface area contributed by atoms with Crippen molar-refractivity contribution in [2.75, 3.05) is 73.8 Å². The molecule has 2 aromatic heterocycles. The van der Waals surface area contributed by atoms with Gasteiger partial charge in [0.2, 0.25) is 17.8 Å². The van der Waals surface area contributed by atoms with Crippen molar-refractivity contribution in [1.82, 2.24) is 30.2 Å². The van der Waals surface area contributed by atoms with Gasteiger partial charge < -0.3 is 40.1 Å². The fourth-order valence-electron chi connectivity index (χ4n) is 7.87. The molecule has 2 unspecified atom stereocenters. The number of fused-ring (bicyclic) bond motifs is 2. The minimum absolute atomic E-state index is 0.301. The number of nitrogens with one attached hydrogen (secondary N) is 3. The van der Waals surface area contributed by atoms with E-state index in [1.54, 1.807) is 73.1 Å². The quantitative estimate of drug-likeness (QED) is 0.106. The SMILES string of the molecule is CN(C)C1CCN(c2ncc3cc(NC(=O)C(Oc4ccc(Br)cc4)C(CC(=O)Nc4ccc5nc(N6CCNCC6)ncc5c4)c4ccc(OC(F)(F)F)cc4)ccc3n2)CC1. The number of amides is 2. The van der Waals surface area contributed by atoms with Gasteiger partial charge in [0.05, 0.1) is 11.0 Å². The van der Waals surface area contributed by atoms with Gasteiger partial charge in [-0.1, -0.05) is 28.1 Å². The van der Waals surface area contributed by atoms with Crippen LogP contribution >= 0.6 is 15.9 Å². The number of anilines is 4. The summed E-state index contributed by atoms with van der Waals surface area (Å²) in [6.07, 6.45) is -1.13. The predicted octanol–water partition coefficient (Wildman–Crippen LogP) is 7.37. The van der Waals surface area contributed by atoms with Gasteiger partial charge in [0, 0.05) is 96.7 Å². The first-order valence-corrected chi connectivity index (χ1v) is 21.4. The van der Waals surface area contributed by atoms with Crippen molar-refractivity contribution in [3.63, 3.8) is 0 Å². The summed E-state index contributed by atoms with van der Waals surface area (Å²) in [5.74, 6) is -0.953. The lowest BCUT2D eigenvalue weighted by atomic mass is 9.88. The Labute approximate surface area is 370 Å². The Morgan fingerprint density at radius 3 is 1.92 bits per heavy atom. The molecule has 18 heteroatoms. The summed E-state index contributed by atoms with van der Waals surface area (Å²) >= 11 is 3.43. The van der Waals surface area contributed by atoms with E-state index in [9.17, 15) is 22.8 Å². The normalized spacial score (nSPS) is 15.9. The molecule has 14 nitrogen and oxygen atoms in total. The number of nitrogens with zero attached hydrogens (tertiary/aromatic N) is 7. The molecule has 4 aromatic carbocycles. The molecule has 0 saturated carbocycles. The highest BCUT2D eigenvalue weighted by molar-refractivity contribution is 9.10. The molecule has 0 aliphatic carbocycles. The van der Waals surface area contributed by atoms with Crippen LogP contribution in [-0.2, 0) is 9.59 Å². The van der Waals surface area contributed by atoms with Crippen LogP contribution in [0, 0.1) is 0 Å². The van der Waals surface area contributed by atoms with Crippen LogP contribution in [-0.4, -0.2) is 109 Å². The first-order valence-electron chi connectivity index (χ1n) is 20.6. The van der Waals surface area contributed by atoms with Crippen LogP contribution in [0.3, 0.4) is 0 Å². The van der Waals surface area contributed by atoms with Gasteiger partial charge in [-0.25, -0.2) is 19.9 Å². The second kappa shape index (κ2) is 19.1. The molecule has 328 valence electrons. The van der Waals surface area contributed by atoms with E-state index in [-0.39, 0.29) is 6.42 Å². The van der Waals surface area contributed by atoms with Crippen LogP contribution in [0.2, 0.25) is 0 Å². The summed E-state index contributed by atoms with van der Waals surface area (Å²) in [4.78, 5) is 53.8. The summed E-state index contributed by atoms with van der Waals surface area (Å²) < 4.78 is 50.8. The smallest absolute Gasteiger partial charge is 0.480 e. The standard InChI is InChI=1S/C45H46BrF3N10O4/c1-57(2)34-15-19-58(20-16-34)43-51-27-30-24-33(8-14-39(30)55-43)54-42(61)41(62-35-11-5-31(46)6-12-35)37(28-3-9-36(10-4-28)63-45(47,48)49)25-40(60)53-32-7-13-38-29(23-32)26-52-44(56-38)59-21-17-50-18-22-59/h3-14,23-24,26-27,34,37,41,50H,15-22,25H2,1-2H3,(H,53,60)(H,54,61). The van der Waals surface area contributed by atoms with E-state index in [0.29, 0.717) is 62.4 Å². The van der Waals surface area contributed by atoms with Gasteiger partial charge in [-0.15, -0.1) is 13.2 Å². The maximum absolute atomic E-state index is 14.5. The Balaban J connectivity index is 1.06. The van der Waals surface area contributed by atoms with Crippen LogP contribution in [0.1, 0.15) is 30.7 Å². The molecule has 4 heterocycles. The van der Waals surface area contributed by atoms with Gasteiger partial charge in [-0.2, -0.15) is 0 Å². The van der Waals surface area contributed by atoms with Crippen molar-refractivity contribution in [3.05, 3.63) is 107 Å². The summed E-state index contributed by atoms with van der Waals surface area (Å²) in [6.45, 7) is 4.94. The highest BCUT2D eigenvalue weighted by Crippen LogP contribution is 2.33. The van der Waals surface area contributed by atoms with Crippen LogP contribution in [0.15, 0.2) is 102 Å². The average molecular weight is 928 g/mol. The summed E-state index contributed by atoms with van der Waals surface area (Å²) in [5.41, 5.74) is 2.66. The number of ether oxygens (including phenoxy) is 2. The summed E-state index contributed by atoms with van der Waals surface area (Å²) in [6, 6.07) is 23.0. The van der Waals surface area contributed by atoms with Gasteiger partial charge in [0.1, 0.15) is 11.5 Å². The number of hydrogen-bond donors (Lipinski definition) is 3. The van der Waals surface area contributed by atoms with Crippen molar-refractivity contribution in [1.29, 1.82) is 0 Å². The Morgan fingerprint density at radius 2 is 1.35 bits per heavy atom. The van der Waals surface area contributed by atoms with E-state index in [1.807, 2.05) is 0 Å². The maximum atomic E-state index is 14.5. The predicted molar refractivity (Wildman–Crippen MR) is 239 cm³/mol. The highest BCUT2D eigenvalue weighted by atomic mass is 79.9. The lowest BCUT2D eigenvalue weighted by Crippen LogP contribution is -2.44. The molecule has 8 rings (SSSR count). The minimum Gasteiger partial charge on any atom is -0.480 e. The number of carbonyl (C=O) groups is 2. The van der Waals surface area contributed by atoms with Gasteiger partial charge in [0.15, 0.2) is 6.10 Å². The number of aromatic nitrogens is 4. The number of rotatable bonds is 13. The van der Waals surface area contributed by atoms with E-state index in [2.05, 4.69) is 75.4 Å². The van der Waals surface area contributed by atoms with E-state index in [0.717, 1.165) is 68.7 Å². The maximum Gasteiger partial charge on any atom is 0.573 e. The van der Waals surface area contributed by atoms with Crippen molar-refractivity contribution in [2.45, 2.75) is 43.7 Å². The third kappa shape index (κ3) is 11.1. The van der Waals surface area contributed by atoms with Gasteiger partial charge in [0.25, 0.3) is 5.91 Å². The van der Waals surface area contributed by atoms with E-state index in [1.165, 1.54) is 12.1 Å². The van der Waals surface area contributed by atoms with Crippen molar-refractivity contribution < 1.29 is 32.2 Å². The molecule has 2 saturated heterocycles. The highest BCUT2D eigenvalue weighted by Gasteiger charge is 2.35. The Kier molecular flexibility index (Phi) is 13.2. The number of hydrogen-bond acceptors (Lipinski definition) is 12. The molecule has 3 N–H and O–H groups in total. The molecule has 2 aliphatic rings. The van der Waals surface area contributed by atoms with Crippen molar-refractivity contribution in [2.24, 2.45) is 0 Å². The molecular weight excluding hydrogens is 881 g/mol. The first kappa shape index (κ1) is 43.5. The fourth-order valence-corrected chi connectivity index (χ4v) is 8.14. The second-order valence-electron chi connectivity index (χ2n) is 15.8. The third-order valence-electron chi connectivity index (χ3n) is 11.2. The second-order valence-corrected chi connectivity index (χ2v) is 16.7. The average Bonchev–Trinajstić information content (AvgIpc) is 3.28. The van der Waals surface area contributed by atoms with Gasteiger partial charge in [-0.3, -0.25) is 9.59 Å². The van der Waals surface area contributed by atoms with E-state index in [4.69, 9.17) is 14.7 Å². The molecular formula is C45H46BrF3N10O4. The van der Waals surface area contributed by atoms with Crippen molar-refractivity contribution >= 4 is 72.8 Å². The number of benzene rings is 4. The molecule has 0 radical (unpaired) electrons. The molecule has 2 aliphatic heterocycles. The molecule has 6 aromatic rings. The monoisotopic (exact) mass is 926 g/mol. The van der Waals surface area contributed by atoms with Crippen LogP contribution < -0.4 is 35.2 Å². The van der Waals surface area contributed by atoms with Crippen LogP contribution in [0.4, 0.5) is 36.4 Å². The van der Waals surface area contributed by atoms with Crippen LogP contribution in [0.5, 0.6) is 11.5 Å². The number of alkyl halides is 3. The zero-order valence-electron chi connectivity index (χ0n) is 34.6. The number of piperidine rings is 1. The first-order chi connectivity index (χ1) is 30.3. The zero-order valence-corrected chi connectivity index (χ0v) is 36.2. The molecule has 0 bridgehead atoms. The van der Waals surface area contributed by atoms with E-state index >= 15 is 0 Å². The molecule has 0 spiro atoms. The number of piperazine rings is 1. The van der Waals surface area contributed by atoms with Crippen molar-refractivity contribution in [3.8, 4) is 11.5 Å². The third-order valence-corrected chi connectivity index (χ3v) is 11.7. The lowest BCUT2D eigenvalue weighted by molar-refractivity contribution is -0.274. The fraction of sp³-hybridized carbons (Fsp3) is 0.333. The number of halogens is 4. The topological polar surface area (TPSA) is 150 Å².